The lowest BCUT2D eigenvalue weighted by Gasteiger charge is -2.34. The molecule has 1 saturated heterocycles. The SMILES string of the molecule is CC(C)(C)c1ccc(C(=O)N2CCN(Cc3nc(-c4cccs4)no3)CC2)cc1. The summed E-state index contributed by atoms with van der Waals surface area (Å²) in [5, 5.41) is 6.06. The average Bonchev–Trinajstić information content (AvgIpc) is 3.39. The second-order valence-electron chi connectivity index (χ2n) is 8.38. The third-order valence-electron chi connectivity index (χ3n) is 5.23. The highest BCUT2D eigenvalue weighted by Gasteiger charge is 2.24. The summed E-state index contributed by atoms with van der Waals surface area (Å²) in [6, 6.07) is 12.0. The molecule has 3 heterocycles. The molecule has 1 aliphatic heterocycles. The van der Waals surface area contributed by atoms with Crippen LogP contribution in [0.15, 0.2) is 46.3 Å². The normalized spacial score (nSPS) is 15.6. The molecule has 0 atom stereocenters. The minimum absolute atomic E-state index is 0.0886. The summed E-state index contributed by atoms with van der Waals surface area (Å²) >= 11 is 1.60. The minimum atomic E-state index is 0.0886. The maximum Gasteiger partial charge on any atom is 0.253 e. The second-order valence-corrected chi connectivity index (χ2v) is 9.33. The zero-order valence-corrected chi connectivity index (χ0v) is 17.9. The molecule has 1 fully saturated rings. The molecule has 152 valence electrons. The molecule has 2 aromatic heterocycles. The van der Waals surface area contributed by atoms with Crippen molar-refractivity contribution < 1.29 is 9.32 Å². The lowest BCUT2D eigenvalue weighted by Crippen LogP contribution is -2.48. The van der Waals surface area contributed by atoms with Crippen LogP contribution in [0.3, 0.4) is 0 Å². The Hall–Kier alpha value is -2.51. The van der Waals surface area contributed by atoms with Crippen molar-refractivity contribution in [3.63, 3.8) is 0 Å². The van der Waals surface area contributed by atoms with Crippen LogP contribution in [0, 0.1) is 0 Å². The molecule has 1 aromatic carbocycles. The van der Waals surface area contributed by atoms with Gasteiger partial charge in [0.15, 0.2) is 0 Å². The van der Waals surface area contributed by atoms with Crippen molar-refractivity contribution in [3.05, 3.63) is 58.8 Å². The van der Waals surface area contributed by atoms with Gasteiger partial charge in [0.25, 0.3) is 5.91 Å². The molecule has 0 unspecified atom stereocenters. The van der Waals surface area contributed by atoms with Crippen molar-refractivity contribution in [1.29, 1.82) is 0 Å². The van der Waals surface area contributed by atoms with Gasteiger partial charge in [0.2, 0.25) is 11.7 Å². The van der Waals surface area contributed by atoms with Gasteiger partial charge in [-0.2, -0.15) is 4.98 Å². The molecule has 1 amide bonds. The van der Waals surface area contributed by atoms with E-state index in [9.17, 15) is 4.79 Å². The second kappa shape index (κ2) is 8.08. The van der Waals surface area contributed by atoms with Crippen LogP contribution in [0.1, 0.15) is 42.6 Å². The summed E-state index contributed by atoms with van der Waals surface area (Å²) in [5.41, 5.74) is 2.08. The highest BCUT2D eigenvalue weighted by Crippen LogP contribution is 2.23. The van der Waals surface area contributed by atoms with Gasteiger partial charge < -0.3 is 9.42 Å². The zero-order chi connectivity index (χ0) is 20.4. The summed E-state index contributed by atoms with van der Waals surface area (Å²) in [6.07, 6.45) is 0. The van der Waals surface area contributed by atoms with E-state index in [2.05, 4.69) is 47.9 Å². The number of thiophene rings is 1. The molecule has 0 radical (unpaired) electrons. The number of piperazine rings is 1. The maximum absolute atomic E-state index is 12.8. The first-order chi connectivity index (χ1) is 13.9. The van der Waals surface area contributed by atoms with E-state index in [1.165, 1.54) is 5.56 Å². The standard InChI is InChI=1S/C22H26N4O2S/c1-22(2,3)17-8-6-16(7-9-17)21(27)26-12-10-25(11-13-26)15-19-23-20(24-28-19)18-5-4-14-29-18/h4-9,14H,10-13,15H2,1-3H3. The predicted octanol–water partition coefficient (Wildman–Crippen LogP) is 4.05. The average molecular weight is 411 g/mol. The van der Waals surface area contributed by atoms with Crippen molar-refractivity contribution >= 4 is 17.2 Å². The van der Waals surface area contributed by atoms with Gasteiger partial charge in [-0.3, -0.25) is 9.69 Å². The zero-order valence-electron chi connectivity index (χ0n) is 17.1. The van der Waals surface area contributed by atoms with E-state index in [-0.39, 0.29) is 11.3 Å². The third-order valence-corrected chi connectivity index (χ3v) is 6.09. The fourth-order valence-corrected chi connectivity index (χ4v) is 4.07. The fraction of sp³-hybridized carbons (Fsp3) is 0.409. The molecule has 4 rings (SSSR count). The smallest absolute Gasteiger partial charge is 0.253 e. The van der Waals surface area contributed by atoms with Crippen LogP contribution >= 0.6 is 11.3 Å². The third kappa shape index (κ3) is 4.57. The molecule has 3 aromatic rings. The van der Waals surface area contributed by atoms with Crippen LogP contribution in [-0.2, 0) is 12.0 Å². The van der Waals surface area contributed by atoms with Crippen molar-refractivity contribution in [3.8, 4) is 10.7 Å². The molecule has 7 heteroatoms. The fourth-order valence-electron chi connectivity index (χ4n) is 3.42. The summed E-state index contributed by atoms with van der Waals surface area (Å²) < 4.78 is 5.40. The maximum atomic E-state index is 12.8. The van der Waals surface area contributed by atoms with Gasteiger partial charge in [-0.1, -0.05) is 44.1 Å². The molecule has 0 aliphatic carbocycles. The Morgan fingerprint density at radius 1 is 1.10 bits per heavy atom. The number of benzene rings is 1. The van der Waals surface area contributed by atoms with E-state index in [4.69, 9.17) is 4.52 Å². The molecule has 0 bridgehead atoms. The summed E-state index contributed by atoms with van der Waals surface area (Å²) in [5.74, 6) is 1.36. The van der Waals surface area contributed by atoms with Crippen LogP contribution in [0.2, 0.25) is 0 Å². The van der Waals surface area contributed by atoms with Crippen molar-refractivity contribution in [2.45, 2.75) is 32.7 Å². The van der Waals surface area contributed by atoms with Crippen molar-refractivity contribution in [2.24, 2.45) is 0 Å². The first-order valence-electron chi connectivity index (χ1n) is 9.89. The predicted molar refractivity (Wildman–Crippen MR) is 114 cm³/mol. The number of carbonyl (C=O) groups is 1. The molecular weight excluding hydrogens is 384 g/mol. The number of rotatable bonds is 4. The number of aromatic nitrogens is 2. The molecule has 6 nitrogen and oxygen atoms in total. The van der Waals surface area contributed by atoms with Crippen molar-refractivity contribution in [1.82, 2.24) is 19.9 Å². The van der Waals surface area contributed by atoms with Gasteiger partial charge in [-0.15, -0.1) is 11.3 Å². The first-order valence-corrected chi connectivity index (χ1v) is 10.8. The Bertz CT molecular complexity index is 950. The Kier molecular flexibility index (Phi) is 5.52. The molecule has 0 N–H and O–H groups in total. The number of amides is 1. The van der Waals surface area contributed by atoms with E-state index in [0.29, 0.717) is 31.3 Å². The van der Waals surface area contributed by atoms with Crippen LogP contribution in [-0.4, -0.2) is 52.0 Å². The van der Waals surface area contributed by atoms with Gasteiger partial charge >= 0.3 is 0 Å². The number of hydrogen-bond acceptors (Lipinski definition) is 6. The van der Waals surface area contributed by atoms with E-state index < -0.39 is 0 Å². The number of carbonyl (C=O) groups excluding carboxylic acids is 1. The van der Waals surface area contributed by atoms with Gasteiger partial charge in [0.05, 0.1) is 11.4 Å². The quantitative estimate of drug-likeness (QED) is 0.649. The van der Waals surface area contributed by atoms with Crippen LogP contribution in [0.5, 0.6) is 0 Å². The molecule has 1 aliphatic rings. The molecular formula is C22H26N4O2S. The van der Waals surface area contributed by atoms with Gasteiger partial charge in [-0.25, -0.2) is 0 Å². The number of nitrogens with zero attached hydrogens (tertiary/aromatic N) is 4. The van der Waals surface area contributed by atoms with Gasteiger partial charge in [0, 0.05) is 31.7 Å². The topological polar surface area (TPSA) is 62.5 Å². The Balaban J connectivity index is 1.31. The van der Waals surface area contributed by atoms with E-state index in [1.54, 1.807) is 11.3 Å². The Morgan fingerprint density at radius 3 is 2.45 bits per heavy atom. The largest absolute Gasteiger partial charge is 0.338 e. The van der Waals surface area contributed by atoms with E-state index >= 15 is 0 Å². The first kappa shape index (κ1) is 19.8. The molecule has 0 spiro atoms. The van der Waals surface area contributed by atoms with E-state index in [0.717, 1.165) is 23.5 Å². The highest BCUT2D eigenvalue weighted by atomic mass is 32.1. The lowest BCUT2D eigenvalue weighted by atomic mass is 9.86. The van der Waals surface area contributed by atoms with E-state index in [1.807, 2.05) is 34.5 Å². The summed E-state index contributed by atoms with van der Waals surface area (Å²) in [6.45, 7) is 10.1. The van der Waals surface area contributed by atoms with Crippen LogP contribution in [0.4, 0.5) is 0 Å². The van der Waals surface area contributed by atoms with Gasteiger partial charge in [0.1, 0.15) is 0 Å². The Labute approximate surface area is 175 Å². The molecule has 0 saturated carbocycles. The highest BCUT2D eigenvalue weighted by molar-refractivity contribution is 7.13. The van der Waals surface area contributed by atoms with Crippen LogP contribution < -0.4 is 0 Å². The number of hydrogen-bond donors (Lipinski definition) is 0. The minimum Gasteiger partial charge on any atom is -0.338 e. The summed E-state index contributed by atoms with van der Waals surface area (Å²) in [4.78, 5) is 22.5. The molecule has 29 heavy (non-hydrogen) atoms. The van der Waals surface area contributed by atoms with Crippen molar-refractivity contribution in [2.75, 3.05) is 26.2 Å². The monoisotopic (exact) mass is 410 g/mol. The van der Waals surface area contributed by atoms with Crippen LogP contribution in [0.25, 0.3) is 10.7 Å². The Morgan fingerprint density at radius 2 is 1.83 bits per heavy atom. The van der Waals surface area contributed by atoms with Gasteiger partial charge in [-0.05, 0) is 34.6 Å². The lowest BCUT2D eigenvalue weighted by molar-refractivity contribution is 0.0615. The summed E-state index contributed by atoms with van der Waals surface area (Å²) in [7, 11) is 0.